The third-order valence-corrected chi connectivity index (χ3v) is 2.61. The second-order valence-electron chi connectivity index (χ2n) is 4.49. The van der Waals surface area contributed by atoms with Crippen LogP contribution in [0, 0.1) is 5.92 Å². The predicted molar refractivity (Wildman–Crippen MR) is 65.2 cm³/mol. The summed E-state index contributed by atoms with van der Waals surface area (Å²) in [4.78, 5) is 22.1. The number of carboxylic acids is 1. The zero-order valence-corrected chi connectivity index (χ0v) is 10.7. The van der Waals surface area contributed by atoms with Crippen LogP contribution in [-0.2, 0) is 11.0 Å². The van der Waals surface area contributed by atoms with Gasteiger partial charge in [0.1, 0.15) is 0 Å². The number of carbonyl (C=O) groups is 2. The number of hydrogen-bond donors (Lipinski definition) is 2. The first-order valence-corrected chi connectivity index (χ1v) is 5.87. The monoisotopic (exact) mass is 289 g/mol. The van der Waals surface area contributed by atoms with Crippen molar-refractivity contribution in [1.29, 1.82) is 0 Å². The molecular weight excluding hydrogens is 275 g/mol. The van der Waals surface area contributed by atoms with E-state index in [0.29, 0.717) is 0 Å². The van der Waals surface area contributed by atoms with Crippen LogP contribution in [0.5, 0.6) is 0 Å². The molecule has 1 aromatic rings. The van der Waals surface area contributed by atoms with Gasteiger partial charge in [-0.05, 0) is 30.2 Å². The first-order chi connectivity index (χ1) is 9.20. The number of carbonyl (C=O) groups excluding carboxylic acids is 1. The third kappa shape index (κ3) is 4.91. The Balaban J connectivity index is 2.58. The van der Waals surface area contributed by atoms with E-state index in [4.69, 9.17) is 5.11 Å². The molecule has 0 radical (unpaired) electrons. The van der Waals surface area contributed by atoms with E-state index >= 15 is 0 Å². The zero-order valence-electron chi connectivity index (χ0n) is 10.7. The summed E-state index contributed by atoms with van der Waals surface area (Å²) < 4.78 is 37.0. The molecule has 0 aliphatic carbocycles. The lowest BCUT2D eigenvalue weighted by Gasteiger charge is -2.11. The standard InChI is InChI=1S/C13H14F3NO3/c1-8(6-11(18)19)7-17-12(20)9-2-4-10(5-3-9)13(14,15)16/h2-5,8H,6-7H2,1H3,(H,17,20)(H,18,19). The number of alkyl halides is 3. The van der Waals surface area contributed by atoms with E-state index in [9.17, 15) is 22.8 Å². The highest BCUT2D eigenvalue weighted by Crippen LogP contribution is 2.29. The number of amides is 1. The molecule has 0 saturated carbocycles. The van der Waals surface area contributed by atoms with E-state index in [-0.39, 0.29) is 24.4 Å². The summed E-state index contributed by atoms with van der Waals surface area (Å²) >= 11 is 0. The van der Waals surface area contributed by atoms with Crippen LogP contribution in [0.1, 0.15) is 29.3 Å². The van der Waals surface area contributed by atoms with Crippen molar-refractivity contribution in [3.8, 4) is 0 Å². The molecule has 1 unspecified atom stereocenters. The molecule has 1 aromatic carbocycles. The Hall–Kier alpha value is -2.05. The number of rotatable bonds is 5. The van der Waals surface area contributed by atoms with Gasteiger partial charge in [0, 0.05) is 18.5 Å². The van der Waals surface area contributed by atoms with Gasteiger partial charge in [0.05, 0.1) is 5.56 Å². The van der Waals surface area contributed by atoms with Crippen LogP contribution in [0.25, 0.3) is 0 Å². The molecule has 0 fully saturated rings. The second-order valence-corrected chi connectivity index (χ2v) is 4.49. The second kappa shape index (κ2) is 6.40. The molecule has 110 valence electrons. The topological polar surface area (TPSA) is 66.4 Å². The Labute approximate surface area is 113 Å². The summed E-state index contributed by atoms with van der Waals surface area (Å²) in [6.07, 6.45) is -4.53. The largest absolute Gasteiger partial charge is 0.481 e. The van der Waals surface area contributed by atoms with E-state index in [0.717, 1.165) is 24.3 Å². The molecule has 0 saturated heterocycles. The molecule has 0 aliphatic heterocycles. The average molecular weight is 289 g/mol. The van der Waals surface area contributed by atoms with Crippen molar-refractivity contribution >= 4 is 11.9 Å². The number of benzene rings is 1. The van der Waals surface area contributed by atoms with Gasteiger partial charge in [-0.3, -0.25) is 9.59 Å². The van der Waals surface area contributed by atoms with Gasteiger partial charge in [0.2, 0.25) is 0 Å². The Bertz CT molecular complexity index is 483. The molecule has 0 bridgehead atoms. The van der Waals surface area contributed by atoms with Crippen molar-refractivity contribution in [2.24, 2.45) is 5.92 Å². The molecule has 0 aliphatic rings. The van der Waals surface area contributed by atoms with Crippen LogP contribution in [0.15, 0.2) is 24.3 Å². The molecule has 0 aromatic heterocycles. The number of hydrogen-bond acceptors (Lipinski definition) is 2. The number of carboxylic acid groups (broad SMARTS) is 1. The van der Waals surface area contributed by atoms with Crippen LogP contribution >= 0.6 is 0 Å². The molecule has 4 nitrogen and oxygen atoms in total. The van der Waals surface area contributed by atoms with E-state index in [1.807, 2.05) is 0 Å². The molecule has 1 atom stereocenters. The highest BCUT2D eigenvalue weighted by molar-refractivity contribution is 5.94. The molecule has 2 N–H and O–H groups in total. The zero-order chi connectivity index (χ0) is 15.3. The fourth-order valence-corrected chi connectivity index (χ4v) is 1.55. The fourth-order valence-electron chi connectivity index (χ4n) is 1.55. The van der Waals surface area contributed by atoms with Gasteiger partial charge in [0.15, 0.2) is 0 Å². The number of halogens is 3. The van der Waals surface area contributed by atoms with Crippen molar-refractivity contribution in [2.75, 3.05) is 6.54 Å². The van der Waals surface area contributed by atoms with Gasteiger partial charge >= 0.3 is 12.1 Å². The molecule has 20 heavy (non-hydrogen) atoms. The van der Waals surface area contributed by atoms with Crippen molar-refractivity contribution in [3.05, 3.63) is 35.4 Å². The molecule has 0 heterocycles. The highest BCUT2D eigenvalue weighted by atomic mass is 19.4. The Morgan fingerprint density at radius 2 is 1.80 bits per heavy atom. The Morgan fingerprint density at radius 1 is 1.25 bits per heavy atom. The number of nitrogens with one attached hydrogen (secondary N) is 1. The van der Waals surface area contributed by atoms with Crippen molar-refractivity contribution in [3.63, 3.8) is 0 Å². The fraction of sp³-hybridized carbons (Fsp3) is 0.385. The lowest BCUT2D eigenvalue weighted by molar-refractivity contribution is -0.138. The third-order valence-electron chi connectivity index (χ3n) is 2.61. The lowest BCUT2D eigenvalue weighted by atomic mass is 10.1. The van der Waals surface area contributed by atoms with Crippen molar-refractivity contribution < 1.29 is 27.9 Å². The molecule has 1 amide bonds. The van der Waals surface area contributed by atoms with Gasteiger partial charge in [-0.1, -0.05) is 6.92 Å². The molecule has 7 heteroatoms. The van der Waals surface area contributed by atoms with Gasteiger partial charge < -0.3 is 10.4 Å². The maximum atomic E-state index is 12.3. The first-order valence-electron chi connectivity index (χ1n) is 5.87. The SMILES string of the molecule is CC(CNC(=O)c1ccc(C(F)(F)F)cc1)CC(=O)O. The quantitative estimate of drug-likeness (QED) is 0.875. The van der Waals surface area contributed by atoms with Gasteiger partial charge in [-0.15, -0.1) is 0 Å². The van der Waals surface area contributed by atoms with Crippen LogP contribution in [0.4, 0.5) is 13.2 Å². The van der Waals surface area contributed by atoms with Crippen molar-refractivity contribution in [2.45, 2.75) is 19.5 Å². The van der Waals surface area contributed by atoms with Gasteiger partial charge in [-0.2, -0.15) is 13.2 Å². The number of aliphatic carboxylic acids is 1. The van der Waals surface area contributed by atoms with E-state index in [1.165, 1.54) is 0 Å². The summed E-state index contributed by atoms with van der Waals surface area (Å²) in [5.74, 6) is -1.76. The summed E-state index contributed by atoms with van der Waals surface area (Å²) in [7, 11) is 0. The first kappa shape index (κ1) is 16.0. The van der Waals surface area contributed by atoms with E-state index in [2.05, 4.69) is 5.32 Å². The van der Waals surface area contributed by atoms with E-state index in [1.54, 1.807) is 6.92 Å². The smallest absolute Gasteiger partial charge is 0.416 e. The summed E-state index contributed by atoms with van der Waals surface area (Å²) in [5, 5.41) is 11.0. The van der Waals surface area contributed by atoms with Gasteiger partial charge in [0.25, 0.3) is 5.91 Å². The molecular formula is C13H14F3NO3. The van der Waals surface area contributed by atoms with Gasteiger partial charge in [-0.25, -0.2) is 0 Å². The van der Waals surface area contributed by atoms with Crippen LogP contribution < -0.4 is 5.32 Å². The van der Waals surface area contributed by atoms with Crippen molar-refractivity contribution in [1.82, 2.24) is 5.32 Å². The average Bonchev–Trinajstić information content (AvgIpc) is 2.34. The van der Waals surface area contributed by atoms with E-state index < -0.39 is 23.6 Å². The van der Waals surface area contributed by atoms with Crippen LogP contribution in [0.3, 0.4) is 0 Å². The Morgan fingerprint density at radius 3 is 2.25 bits per heavy atom. The minimum absolute atomic E-state index is 0.0900. The minimum Gasteiger partial charge on any atom is -0.481 e. The minimum atomic E-state index is -4.44. The van der Waals surface area contributed by atoms with Crippen LogP contribution in [-0.4, -0.2) is 23.5 Å². The highest BCUT2D eigenvalue weighted by Gasteiger charge is 2.30. The molecule has 1 rings (SSSR count). The predicted octanol–water partition coefficient (Wildman–Crippen LogP) is 2.55. The lowest BCUT2D eigenvalue weighted by Crippen LogP contribution is -2.29. The maximum Gasteiger partial charge on any atom is 0.416 e. The molecule has 0 spiro atoms. The Kier molecular flexibility index (Phi) is 5.12. The summed E-state index contributed by atoms with van der Waals surface area (Å²) in [6.45, 7) is 1.80. The summed E-state index contributed by atoms with van der Waals surface area (Å²) in [5.41, 5.74) is -0.728. The maximum absolute atomic E-state index is 12.3. The normalized spacial score (nSPS) is 12.8. The summed E-state index contributed by atoms with van der Waals surface area (Å²) in [6, 6.07) is 3.82. The van der Waals surface area contributed by atoms with Crippen LogP contribution in [0.2, 0.25) is 0 Å².